The van der Waals surface area contributed by atoms with E-state index < -0.39 is 28.0 Å². The molecule has 25 heavy (non-hydrogen) atoms. The number of β-lactam (4-membered cyclic amide) rings is 1. The number of rotatable bonds is 4. The summed E-state index contributed by atoms with van der Waals surface area (Å²) in [5.41, 5.74) is 0.515. The molecule has 3 unspecified atom stereocenters. The topological polar surface area (TPSA) is 107 Å². The number of nitrogens with zero attached hydrogens (tertiary/aromatic N) is 1. The van der Waals surface area contributed by atoms with Gasteiger partial charge >= 0.3 is 161 Å². The summed E-state index contributed by atoms with van der Waals surface area (Å²) >= 11 is 8.39. The summed E-state index contributed by atoms with van der Waals surface area (Å²) < 4.78 is -0.457. The van der Waals surface area contributed by atoms with Crippen LogP contribution in [0.3, 0.4) is 0 Å². The Labute approximate surface area is 160 Å². The van der Waals surface area contributed by atoms with Crippen molar-refractivity contribution in [2.45, 2.75) is 16.1 Å². The first-order chi connectivity index (χ1) is 11.8. The van der Waals surface area contributed by atoms with E-state index in [1.54, 1.807) is 12.1 Å². The molecule has 3 N–H and O–H groups in total. The summed E-state index contributed by atoms with van der Waals surface area (Å²) in [6.07, 6.45) is 0. The molecule has 3 rings (SSSR count). The van der Waals surface area contributed by atoms with E-state index in [1.165, 1.54) is 40.7 Å². The summed E-state index contributed by atoms with van der Waals surface area (Å²) in [6, 6.07) is 5.52. The normalized spacial score (nSPS) is 23.6. The average molecular weight is 445 g/mol. The summed E-state index contributed by atoms with van der Waals surface area (Å²) in [5.74, 6) is -1.67. The standard InChI is InChI=1S/C15H14AsClN2O5S/c16-9(6-1-3-7(20)4-2-6)12(21)18-10-13(22)19-11(15(23)24)8(17)5-25-14(10)19/h1-4,9-10,14,20H,5,16H2,(H,18,21)(H,23,24)/t9?,10?,14-/m1/s1. The number of aliphatic carboxylic acids is 1. The predicted molar refractivity (Wildman–Crippen MR) is 94.9 cm³/mol. The fourth-order valence-corrected chi connectivity index (χ4v) is 4.88. The molecule has 0 aliphatic carbocycles. The van der Waals surface area contributed by atoms with Gasteiger partial charge in [-0.15, -0.1) is 0 Å². The third-order valence-electron chi connectivity index (χ3n) is 3.96. The molecule has 2 aliphatic rings. The van der Waals surface area contributed by atoms with Crippen LogP contribution in [0.5, 0.6) is 5.75 Å². The molecule has 0 radical (unpaired) electrons. The average Bonchev–Trinajstić information content (AvgIpc) is 2.58. The number of nitrogens with one attached hydrogen (secondary N) is 1. The number of phenolic OH excluding ortho intramolecular Hbond substituents is 1. The Morgan fingerprint density at radius 3 is 2.60 bits per heavy atom. The number of halogens is 1. The molecule has 2 aliphatic heterocycles. The zero-order valence-corrected chi connectivity index (χ0v) is 16.7. The van der Waals surface area contributed by atoms with Gasteiger partial charge in [0.05, 0.1) is 0 Å². The Kier molecular flexibility index (Phi) is 5.04. The Bertz CT molecular complexity index is 785. The van der Waals surface area contributed by atoms with Gasteiger partial charge < -0.3 is 0 Å². The van der Waals surface area contributed by atoms with Crippen molar-refractivity contribution in [2.24, 2.45) is 0 Å². The van der Waals surface area contributed by atoms with Gasteiger partial charge in [0.1, 0.15) is 0 Å². The van der Waals surface area contributed by atoms with E-state index in [4.69, 9.17) is 11.6 Å². The van der Waals surface area contributed by atoms with E-state index in [0.29, 0.717) is 0 Å². The number of carbonyl (C=O) groups is 3. The number of phenols is 1. The molecule has 1 fully saturated rings. The molecule has 0 spiro atoms. The van der Waals surface area contributed by atoms with Crippen molar-refractivity contribution in [3.8, 4) is 5.75 Å². The van der Waals surface area contributed by atoms with Gasteiger partial charge in [-0.2, -0.15) is 0 Å². The molecule has 10 heteroatoms. The van der Waals surface area contributed by atoms with Crippen molar-refractivity contribution < 1.29 is 24.6 Å². The van der Waals surface area contributed by atoms with E-state index in [9.17, 15) is 24.6 Å². The van der Waals surface area contributed by atoms with Crippen LogP contribution in [-0.2, 0) is 14.4 Å². The number of carboxylic acid groups (broad SMARTS) is 1. The Morgan fingerprint density at radius 1 is 1.36 bits per heavy atom. The van der Waals surface area contributed by atoms with Crippen LogP contribution in [0.1, 0.15) is 10.3 Å². The van der Waals surface area contributed by atoms with Gasteiger partial charge in [0, 0.05) is 0 Å². The number of carbonyl (C=O) groups excluding carboxylic acids is 2. The number of carboxylic acids is 1. The number of thioether (sulfide) groups is 1. The SMILES string of the molecule is O=C(O)C1=C(Cl)CS[C@@H]2C(NC(=O)C([AsH2])c3ccc(O)cc3)C(=O)N12. The first-order valence-electron chi connectivity index (χ1n) is 7.22. The van der Waals surface area contributed by atoms with Crippen molar-refractivity contribution in [3.05, 3.63) is 40.6 Å². The molecular formula is C15H14AsClN2O5S. The van der Waals surface area contributed by atoms with Gasteiger partial charge in [-0.25, -0.2) is 0 Å². The second kappa shape index (κ2) is 6.94. The molecule has 132 valence electrons. The number of amides is 2. The van der Waals surface area contributed by atoms with Crippen LogP contribution in [0, 0.1) is 0 Å². The molecule has 1 aromatic carbocycles. The van der Waals surface area contributed by atoms with E-state index in [-0.39, 0.29) is 28.1 Å². The quantitative estimate of drug-likeness (QED) is 0.446. The monoisotopic (exact) mass is 444 g/mol. The Balaban J connectivity index is 1.71. The third kappa shape index (κ3) is 3.26. The maximum atomic E-state index is 12.4. The molecule has 2 heterocycles. The minimum atomic E-state index is -1.26. The molecule has 2 amide bonds. The molecule has 0 aromatic heterocycles. The number of aromatic hydroxyl groups is 1. The maximum absolute atomic E-state index is 12.4. The van der Waals surface area contributed by atoms with E-state index in [0.717, 1.165) is 10.5 Å². The molecule has 0 saturated carbocycles. The van der Waals surface area contributed by atoms with Crippen LogP contribution in [0.2, 0.25) is 0 Å². The molecule has 4 atom stereocenters. The first kappa shape index (κ1) is 18.2. The second-order valence-electron chi connectivity index (χ2n) is 5.52. The van der Waals surface area contributed by atoms with Crippen LogP contribution < -0.4 is 5.32 Å². The minimum absolute atomic E-state index is 0.108. The van der Waals surface area contributed by atoms with Gasteiger partial charge in [0.2, 0.25) is 0 Å². The fourth-order valence-electron chi connectivity index (χ4n) is 2.66. The predicted octanol–water partition coefficient (Wildman–Crippen LogP) is 0.00130. The van der Waals surface area contributed by atoms with Crippen molar-refractivity contribution in [1.82, 2.24) is 10.2 Å². The van der Waals surface area contributed by atoms with Crippen molar-refractivity contribution in [1.29, 1.82) is 0 Å². The van der Waals surface area contributed by atoms with Crippen LogP contribution in [0.4, 0.5) is 0 Å². The summed E-state index contributed by atoms with van der Waals surface area (Å²) in [4.78, 5) is 37.2. The molecule has 7 nitrogen and oxygen atoms in total. The first-order valence-corrected chi connectivity index (χ1v) is 10.1. The Hall–Kier alpha value is -1.63. The van der Waals surface area contributed by atoms with Crippen LogP contribution >= 0.6 is 23.4 Å². The number of hydrogen-bond donors (Lipinski definition) is 3. The number of fused-ring (bicyclic) bond motifs is 1. The summed E-state index contributed by atoms with van der Waals surface area (Å²) in [6.45, 7) is 0. The summed E-state index contributed by atoms with van der Waals surface area (Å²) in [5, 5.41) is 20.9. The van der Waals surface area contributed by atoms with E-state index in [2.05, 4.69) is 5.32 Å². The molecular weight excluding hydrogens is 431 g/mol. The van der Waals surface area contributed by atoms with Gasteiger partial charge in [-0.05, 0) is 0 Å². The fraction of sp³-hybridized carbons (Fsp3) is 0.267. The number of hydrogen-bond acceptors (Lipinski definition) is 5. The second-order valence-corrected chi connectivity index (χ2v) is 8.48. The van der Waals surface area contributed by atoms with Gasteiger partial charge in [0.15, 0.2) is 0 Å². The van der Waals surface area contributed by atoms with E-state index in [1.807, 2.05) is 0 Å². The molecule has 0 bridgehead atoms. The summed E-state index contributed by atoms with van der Waals surface area (Å²) in [7, 11) is 0. The van der Waals surface area contributed by atoms with Crippen LogP contribution in [0.25, 0.3) is 0 Å². The van der Waals surface area contributed by atoms with Crippen molar-refractivity contribution in [3.63, 3.8) is 0 Å². The number of benzene rings is 1. The zero-order chi connectivity index (χ0) is 18.3. The van der Waals surface area contributed by atoms with Gasteiger partial charge in [-0.1, -0.05) is 0 Å². The van der Waals surface area contributed by atoms with Gasteiger partial charge in [0.25, 0.3) is 0 Å². The van der Waals surface area contributed by atoms with Crippen molar-refractivity contribution in [2.75, 3.05) is 5.75 Å². The van der Waals surface area contributed by atoms with Crippen LogP contribution in [-0.4, -0.2) is 66.9 Å². The van der Waals surface area contributed by atoms with Crippen LogP contribution in [0.15, 0.2) is 35.0 Å². The molecule has 1 aromatic rings. The van der Waals surface area contributed by atoms with Gasteiger partial charge in [-0.3, -0.25) is 0 Å². The van der Waals surface area contributed by atoms with E-state index >= 15 is 0 Å². The van der Waals surface area contributed by atoms with Crippen molar-refractivity contribution >= 4 is 58.0 Å². The third-order valence-corrected chi connectivity index (χ3v) is 7.15. The zero-order valence-electron chi connectivity index (χ0n) is 12.7. The Morgan fingerprint density at radius 2 is 2.00 bits per heavy atom. The molecule has 1 saturated heterocycles.